The van der Waals surface area contributed by atoms with Gasteiger partial charge in [-0.15, -0.1) is 0 Å². The molecule has 0 bridgehead atoms. The fraction of sp³-hybridized carbons (Fsp3) is 0.611. The number of nitrogens with one attached hydrogen (secondary N) is 1. The number of benzene rings is 1. The molecular formula is C18H30N2O. The van der Waals surface area contributed by atoms with Gasteiger partial charge in [0.05, 0.1) is 6.04 Å². The first-order valence-corrected chi connectivity index (χ1v) is 8.12. The lowest BCUT2D eigenvalue weighted by atomic mass is 9.94. The fourth-order valence-electron chi connectivity index (χ4n) is 2.75. The Morgan fingerprint density at radius 2 is 2.05 bits per heavy atom. The number of amides is 1. The van der Waals surface area contributed by atoms with Crippen molar-refractivity contribution in [3.05, 3.63) is 35.4 Å². The molecule has 0 aliphatic heterocycles. The van der Waals surface area contributed by atoms with Crippen molar-refractivity contribution in [2.24, 2.45) is 11.7 Å². The molecule has 118 valence electrons. The second-order valence-electron chi connectivity index (χ2n) is 5.97. The summed E-state index contributed by atoms with van der Waals surface area (Å²) < 4.78 is 0. The highest BCUT2D eigenvalue weighted by molar-refractivity contribution is 5.76. The quantitative estimate of drug-likeness (QED) is 0.728. The van der Waals surface area contributed by atoms with Crippen LogP contribution in [0.4, 0.5) is 0 Å². The monoisotopic (exact) mass is 290 g/mol. The standard InChI is InChI=1S/C18H30N2O/c1-4-6-16(11-12-19)9-10-18(21)20-15(3)17-8-5-7-14(2)13-17/h5,7-8,13,15-16H,4,6,9-12,19H2,1-3H3,(H,20,21)/t15-,16?/m1/s1. The molecule has 3 N–H and O–H groups in total. The summed E-state index contributed by atoms with van der Waals surface area (Å²) in [5.74, 6) is 0.724. The van der Waals surface area contributed by atoms with Crippen LogP contribution in [0, 0.1) is 12.8 Å². The highest BCUT2D eigenvalue weighted by Gasteiger charge is 2.13. The highest BCUT2D eigenvalue weighted by Crippen LogP contribution is 2.18. The molecule has 0 saturated carbocycles. The smallest absolute Gasteiger partial charge is 0.220 e. The Hall–Kier alpha value is -1.35. The minimum Gasteiger partial charge on any atom is -0.350 e. The first kappa shape index (κ1) is 17.7. The Bertz CT molecular complexity index is 425. The predicted molar refractivity (Wildman–Crippen MR) is 89.0 cm³/mol. The van der Waals surface area contributed by atoms with Crippen LogP contribution in [0.15, 0.2) is 24.3 Å². The molecule has 3 heteroatoms. The molecule has 0 aliphatic carbocycles. The van der Waals surface area contributed by atoms with Crippen LogP contribution >= 0.6 is 0 Å². The number of carbonyl (C=O) groups is 1. The second-order valence-corrected chi connectivity index (χ2v) is 5.97. The van der Waals surface area contributed by atoms with Gasteiger partial charge in [-0.25, -0.2) is 0 Å². The molecule has 2 atom stereocenters. The summed E-state index contributed by atoms with van der Waals surface area (Å²) in [5, 5.41) is 3.09. The van der Waals surface area contributed by atoms with Gasteiger partial charge in [-0.05, 0) is 44.7 Å². The van der Waals surface area contributed by atoms with Crippen LogP contribution in [0.25, 0.3) is 0 Å². The molecule has 0 saturated heterocycles. The van der Waals surface area contributed by atoms with Crippen molar-refractivity contribution in [1.82, 2.24) is 5.32 Å². The van der Waals surface area contributed by atoms with E-state index in [0.29, 0.717) is 18.9 Å². The number of carbonyl (C=O) groups excluding carboxylic acids is 1. The molecule has 0 spiro atoms. The van der Waals surface area contributed by atoms with E-state index in [1.165, 1.54) is 5.56 Å². The van der Waals surface area contributed by atoms with Crippen LogP contribution in [0.5, 0.6) is 0 Å². The van der Waals surface area contributed by atoms with Crippen molar-refractivity contribution >= 4 is 5.91 Å². The summed E-state index contributed by atoms with van der Waals surface area (Å²) in [6, 6.07) is 8.36. The van der Waals surface area contributed by atoms with E-state index in [9.17, 15) is 4.79 Å². The molecule has 1 amide bonds. The average molecular weight is 290 g/mol. The van der Waals surface area contributed by atoms with E-state index in [-0.39, 0.29) is 11.9 Å². The van der Waals surface area contributed by atoms with E-state index in [1.807, 2.05) is 13.0 Å². The molecule has 0 aliphatic rings. The molecule has 0 radical (unpaired) electrons. The van der Waals surface area contributed by atoms with Crippen LogP contribution < -0.4 is 11.1 Å². The summed E-state index contributed by atoms with van der Waals surface area (Å²) in [5.41, 5.74) is 8.02. The van der Waals surface area contributed by atoms with Crippen LogP contribution in [-0.4, -0.2) is 12.5 Å². The molecule has 0 fully saturated rings. The largest absolute Gasteiger partial charge is 0.350 e. The Morgan fingerprint density at radius 3 is 2.67 bits per heavy atom. The molecule has 21 heavy (non-hydrogen) atoms. The third-order valence-corrected chi connectivity index (χ3v) is 3.97. The second kappa shape index (κ2) is 9.56. The van der Waals surface area contributed by atoms with Crippen LogP contribution in [0.1, 0.15) is 63.1 Å². The third-order valence-electron chi connectivity index (χ3n) is 3.97. The minimum absolute atomic E-state index is 0.0662. The topological polar surface area (TPSA) is 55.1 Å². The molecule has 1 rings (SSSR count). The van der Waals surface area contributed by atoms with Gasteiger partial charge in [-0.1, -0.05) is 49.6 Å². The van der Waals surface area contributed by atoms with E-state index in [4.69, 9.17) is 5.73 Å². The Labute approximate surface area is 129 Å². The van der Waals surface area contributed by atoms with Crippen LogP contribution in [0.3, 0.4) is 0 Å². The van der Waals surface area contributed by atoms with Gasteiger partial charge in [0.15, 0.2) is 0 Å². The van der Waals surface area contributed by atoms with Crippen molar-refractivity contribution in [2.45, 2.75) is 58.9 Å². The van der Waals surface area contributed by atoms with E-state index in [2.05, 4.69) is 37.4 Å². The molecule has 1 unspecified atom stereocenters. The lowest BCUT2D eigenvalue weighted by Gasteiger charge is -2.17. The minimum atomic E-state index is 0.0662. The van der Waals surface area contributed by atoms with Gasteiger partial charge >= 0.3 is 0 Å². The Balaban J connectivity index is 2.42. The molecule has 1 aromatic rings. The summed E-state index contributed by atoms with van der Waals surface area (Å²) >= 11 is 0. The molecule has 1 aromatic carbocycles. The van der Waals surface area contributed by atoms with Crippen molar-refractivity contribution in [2.75, 3.05) is 6.54 Å². The number of nitrogens with two attached hydrogens (primary N) is 1. The summed E-state index contributed by atoms with van der Waals surface area (Å²) in [7, 11) is 0. The van der Waals surface area contributed by atoms with Gasteiger partial charge in [0, 0.05) is 6.42 Å². The number of hydrogen-bond acceptors (Lipinski definition) is 2. The van der Waals surface area contributed by atoms with Crippen molar-refractivity contribution < 1.29 is 4.79 Å². The lowest BCUT2D eigenvalue weighted by Crippen LogP contribution is -2.27. The van der Waals surface area contributed by atoms with Gasteiger partial charge in [0.2, 0.25) is 5.91 Å². The number of hydrogen-bond donors (Lipinski definition) is 2. The van der Waals surface area contributed by atoms with Gasteiger partial charge in [-0.3, -0.25) is 4.79 Å². The Morgan fingerprint density at radius 1 is 1.29 bits per heavy atom. The predicted octanol–water partition coefficient (Wildman–Crippen LogP) is 3.72. The van der Waals surface area contributed by atoms with Crippen molar-refractivity contribution in [1.29, 1.82) is 0 Å². The molecule has 0 aromatic heterocycles. The van der Waals surface area contributed by atoms with Crippen LogP contribution in [0.2, 0.25) is 0 Å². The van der Waals surface area contributed by atoms with E-state index >= 15 is 0 Å². The SMILES string of the molecule is CCCC(CCN)CCC(=O)N[C@H](C)c1cccc(C)c1. The molecule has 3 nitrogen and oxygen atoms in total. The van der Waals surface area contributed by atoms with E-state index in [0.717, 1.165) is 31.2 Å². The molecule has 0 heterocycles. The van der Waals surface area contributed by atoms with Crippen molar-refractivity contribution in [3.63, 3.8) is 0 Å². The lowest BCUT2D eigenvalue weighted by molar-refractivity contribution is -0.122. The Kier molecular flexibility index (Phi) is 8.06. The average Bonchev–Trinajstić information content (AvgIpc) is 2.45. The van der Waals surface area contributed by atoms with Crippen molar-refractivity contribution in [3.8, 4) is 0 Å². The summed E-state index contributed by atoms with van der Waals surface area (Å²) in [6.07, 6.45) is 4.89. The first-order valence-electron chi connectivity index (χ1n) is 8.12. The number of rotatable bonds is 9. The fourth-order valence-corrected chi connectivity index (χ4v) is 2.75. The maximum absolute atomic E-state index is 12.1. The maximum Gasteiger partial charge on any atom is 0.220 e. The highest BCUT2D eigenvalue weighted by atomic mass is 16.1. The first-order chi connectivity index (χ1) is 10.1. The van der Waals surface area contributed by atoms with Gasteiger partial charge < -0.3 is 11.1 Å². The number of aryl methyl sites for hydroxylation is 1. The molecular weight excluding hydrogens is 260 g/mol. The zero-order valence-corrected chi connectivity index (χ0v) is 13.7. The third kappa shape index (κ3) is 6.76. The summed E-state index contributed by atoms with van der Waals surface area (Å²) in [4.78, 5) is 12.1. The van der Waals surface area contributed by atoms with Gasteiger partial charge in [-0.2, -0.15) is 0 Å². The van der Waals surface area contributed by atoms with E-state index < -0.39 is 0 Å². The van der Waals surface area contributed by atoms with Crippen LogP contribution in [-0.2, 0) is 4.79 Å². The zero-order chi connectivity index (χ0) is 15.7. The van der Waals surface area contributed by atoms with Gasteiger partial charge in [0.1, 0.15) is 0 Å². The summed E-state index contributed by atoms with van der Waals surface area (Å²) in [6.45, 7) is 7.01. The van der Waals surface area contributed by atoms with Gasteiger partial charge in [0.25, 0.3) is 0 Å². The maximum atomic E-state index is 12.1. The van der Waals surface area contributed by atoms with E-state index in [1.54, 1.807) is 0 Å². The normalized spacial score (nSPS) is 13.7. The zero-order valence-electron chi connectivity index (χ0n) is 13.7.